The van der Waals surface area contributed by atoms with E-state index in [1.807, 2.05) is 10.3 Å². The number of nitrogens with one attached hydrogen (secondary N) is 1. The second kappa shape index (κ2) is 7.97. The van der Waals surface area contributed by atoms with Gasteiger partial charge in [-0.05, 0) is 25.7 Å². The molecule has 116 valence electrons. The Bertz CT molecular complexity index is 482. The first kappa shape index (κ1) is 15.8. The fourth-order valence-electron chi connectivity index (χ4n) is 2.34. The van der Waals surface area contributed by atoms with E-state index >= 15 is 0 Å². The first-order valence-electron chi connectivity index (χ1n) is 7.37. The zero-order valence-electron chi connectivity index (χ0n) is 12.0. The van der Waals surface area contributed by atoms with E-state index in [-0.39, 0.29) is 12.5 Å². The maximum atomic E-state index is 12.1. The molecule has 1 aliphatic heterocycles. The lowest BCUT2D eigenvalue weighted by molar-refractivity contribution is -0.137. The molecule has 0 atom stereocenters. The molecule has 1 saturated heterocycles. The van der Waals surface area contributed by atoms with E-state index in [0.717, 1.165) is 31.6 Å². The highest BCUT2D eigenvalue weighted by Gasteiger charge is 2.16. The third kappa shape index (κ3) is 5.34. The summed E-state index contributed by atoms with van der Waals surface area (Å²) in [6.45, 7) is 1.62. The van der Waals surface area contributed by atoms with Gasteiger partial charge in [0.1, 0.15) is 0 Å². The number of anilines is 1. The lowest BCUT2D eigenvalue weighted by Crippen LogP contribution is -2.35. The highest BCUT2D eigenvalue weighted by Crippen LogP contribution is 2.18. The normalized spacial score (nSPS) is 15.5. The van der Waals surface area contributed by atoms with Gasteiger partial charge >= 0.3 is 12.0 Å². The molecule has 7 heteroatoms. The number of aliphatic carboxylic acids is 1. The second-order valence-corrected chi connectivity index (χ2v) is 6.08. The molecule has 0 aromatic carbocycles. The number of hydrogen-bond acceptors (Lipinski definition) is 4. The fraction of sp³-hybridized carbons (Fsp3) is 0.643. The van der Waals surface area contributed by atoms with Gasteiger partial charge in [-0.15, -0.1) is 11.3 Å². The minimum Gasteiger partial charge on any atom is -0.481 e. The molecule has 1 aromatic rings. The zero-order chi connectivity index (χ0) is 15.1. The van der Waals surface area contributed by atoms with Gasteiger partial charge in [0.15, 0.2) is 5.13 Å². The SMILES string of the molecule is O=C(O)CCCc1csc(NC(=O)N2CCCCCC2)n1. The van der Waals surface area contributed by atoms with Gasteiger partial charge < -0.3 is 10.0 Å². The molecule has 1 aliphatic rings. The smallest absolute Gasteiger partial charge is 0.323 e. The Balaban J connectivity index is 1.80. The molecule has 0 saturated carbocycles. The van der Waals surface area contributed by atoms with Crippen LogP contribution in [0.3, 0.4) is 0 Å². The maximum absolute atomic E-state index is 12.1. The summed E-state index contributed by atoms with van der Waals surface area (Å²) in [6, 6.07) is -0.0802. The van der Waals surface area contributed by atoms with Crippen LogP contribution in [-0.2, 0) is 11.2 Å². The molecule has 0 radical (unpaired) electrons. The number of aromatic nitrogens is 1. The van der Waals surface area contributed by atoms with Crippen molar-refractivity contribution in [2.75, 3.05) is 18.4 Å². The predicted molar refractivity (Wildman–Crippen MR) is 81.7 cm³/mol. The lowest BCUT2D eigenvalue weighted by atomic mass is 10.2. The van der Waals surface area contributed by atoms with Crippen LogP contribution >= 0.6 is 11.3 Å². The third-order valence-electron chi connectivity index (χ3n) is 3.48. The number of thiazole rings is 1. The van der Waals surface area contributed by atoms with Crippen molar-refractivity contribution < 1.29 is 14.7 Å². The highest BCUT2D eigenvalue weighted by molar-refractivity contribution is 7.13. The predicted octanol–water partition coefficient (Wildman–Crippen LogP) is 2.96. The number of likely N-dealkylation sites (tertiary alicyclic amines) is 1. The molecular weight excluding hydrogens is 290 g/mol. The molecule has 0 aliphatic carbocycles. The van der Waals surface area contributed by atoms with Crippen LogP contribution in [0.4, 0.5) is 9.93 Å². The van der Waals surface area contributed by atoms with E-state index in [2.05, 4.69) is 10.3 Å². The van der Waals surface area contributed by atoms with Crippen LogP contribution < -0.4 is 5.32 Å². The van der Waals surface area contributed by atoms with Crippen LogP contribution in [0.15, 0.2) is 5.38 Å². The summed E-state index contributed by atoms with van der Waals surface area (Å²) >= 11 is 1.39. The first-order valence-corrected chi connectivity index (χ1v) is 8.25. The molecule has 2 heterocycles. The van der Waals surface area contributed by atoms with E-state index in [1.165, 1.54) is 24.2 Å². The topological polar surface area (TPSA) is 82.5 Å². The van der Waals surface area contributed by atoms with E-state index in [0.29, 0.717) is 18.0 Å². The van der Waals surface area contributed by atoms with Crippen molar-refractivity contribution in [2.24, 2.45) is 0 Å². The number of rotatable bonds is 5. The van der Waals surface area contributed by atoms with Gasteiger partial charge in [0.2, 0.25) is 0 Å². The van der Waals surface area contributed by atoms with Crippen molar-refractivity contribution in [3.05, 3.63) is 11.1 Å². The van der Waals surface area contributed by atoms with E-state index in [4.69, 9.17) is 5.11 Å². The number of urea groups is 1. The summed E-state index contributed by atoms with van der Waals surface area (Å²) in [5, 5.41) is 13.9. The Morgan fingerprint density at radius 2 is 2.00 bits per heavy atom. The maximum Gasteiger partial charge on any atom is 0.323 e. The van der Waals surface area contributed by atoms with Crippen LogP contribution in [0.5, 0.6) is 0 Å². The highest BCUT2D eigenvalue weighted by atomic mass is 32.1. The number of carboxylic acid groups (broad SMARTS) is 1. The summed E-state index contributed by atoms with van der Waals surface area (Å²) in [5.74, 6) is -0.792. The largest absolute Gasteiger partial charge is 0.481 e. The molecule has 2 N–H and O–H groups in total. The van der Waals surface area contributed by atoms with Crippen LogP contribution in [-0.4, -0.2) is 40.1 Å². The van der Waals surface area contributed by atoms with E-state index in [1.54, 1.807) is 0 Å². The van der Waals surface area contributed by atoms with Gasteiger partial charge in [0.05, 0.1) is 5.69 Å². The average Bonchev–Trinajstić information content (AvgIpc) is 2.72. The number of amides is 2. The lowest BCUT2D eigenvalue weighted by Gasteiger charge is -2.19. The molecule has 0 bridgehead atoms. The van der Waals surface area contributed by atoms with Crippen LogP contribution in [0.25, 0.3) is 0 Å². The molecule has 2 amide bonds. The second-order valence-electron chi connectivity index (χ2n) is 5.22. The first-order chi connectivity index (χ1) is 10.1. The number of carbonyl (C=O) groups excluding carboxylic acids is 1. The molecule has 0 unspecified atom stereocenters. The van der Waals surface area contributed by atoms with Gasteiger partial charge in [0, 0.05) is 24.9 Å². The summed E-state index contributed by atoms with van der Waals surface area (Å²) in [5.41, 5.74) is 0.840. The molecule has 2 rings (SSSR count). The summed E-state index contributed by atoms with van der Waals surface area (Å²) in [6.07, 6.45) is 5.84. The zero-order valence-corrected chi connectivity index (χ0v) is 12.8. The van der Waals surface area contributed by atoms with Crippen molar-refractivity contribution in [1.29, 1.82) is 0 Å². The minimum atomic E-state index is -0.792. The number of hydrogen-bond donors (Lipinski definition) is 2. The number of nitrogens with zero attached hydrogens (tertiary/aromatic N) is 2. The van der Waals surface area contributed by atoms with Gasteiger partial charge in [-0.1, -0.05) is 12.8 Å². The van der Waals surface area contributed by atoms with Gasteiger partial charge in [-0.3, -0.25) is 10.1 Å². The number of carboxylic acids is 1. The van der Waals surface area contributed by atoms with Crippen LogP contribution in [0.2, 0.25) is 0 Å². The quantitative estimate of drug-likeness (QED) is 0.876. The Hall–Kier alpha value is -1.63. The van der Waals surface area contributed by atoms with Crippen LogP contribution in [0.1, 0.15) is 44.2 Å². The summed E-state index contributed by atoms with van der Waals surface area (Å²) in [4.78, 5) is 28.8. The van der Waals surface area contributed by atoms with Crippen molar-refractivity contribution in [3.8, 4) is 0 Å². The number of carbonyl (C=O) groups is 2. The Morgan fingerprint density at radius 1 is 1.29 bits per heavy atom. The van der Waals surface area contributed by atoms with Gasteiger partial charge in [-0.2, -0.15) is 0 Å². The Kier molecular flexibility index (Phi) is 5.98. The third-order valence-corrected chi connectivity index (χ3v) is 4.29. The minimum absolute atomic E-state index is 0.0802. The number of aryl methyl sites for hydroxylation is 1. The van der Waals surface area contributed by atoms with Crippen molar-refractivity contribution in [1.82, 2.24) is 9.88 Å². The van der Waals surface area contributed by atoms with Gasteiger partial charge in [-0.25, -0.2) is 9.78 Å². The summed E-state index contributed by atoms with van der Waals surface area (Å²) < 4.78 is 0. The Morgan fingerprint density at radius 3 is 2.67 bits per heavy atom. The molecular formula is C14H21N3O3S. The average molecular weight is 311 g/mol. The van der Waals surface area contributed by atoms with Crippen molar-refractivity contribution >= 4 is 28.5 Å². The van der Waals surface area contributed by atoms with E-state index < -0.39 is 5.97 Å². The molecule has 1 aromatic heterocycles. The fourth-order valence-corrected chi connectivity index (χ4v) is 3.08. The monoisotopic (exact) mass is 311 g/mol. The van der Waals surface area contributed by atoms with Crippen molar-refractivity contribution in [2.45, 2.75) is 44.9 Å². The molecule has 21 heavy (non-hydrogen) atoms. The Labute approximate surface area is 128 Å². The summed E-state index contributed by atoms with van der Waals surface area (Å²) in [7, 11) is 0. The van der Waals surface area contributed by atoms with Crippen LogP contribution in [0, 0.1) is 0 Å². The molecule has 1 fully saturated rings. The van der Waals surface area contributed by atoms with Crippen molar-refractivity contribution in [3.63, 3.8) is 0 Å². The standard InChI is InChI=1S/C14H21N3O3S/c18-12(19)7-5-6-11-10-21-13(15-11)16-14(20)17-8-3-1-2-4-9-17/h10H,1-9H2,(H,18,19)(H,15,16,20). The van der Waals surface area contributed by atoms with E-state index in [9.17, 15) is 9.59 Å². The van der Waals surface area contributed by atoms with Gasteiger partial charge in [0.25, 0.3) is 0 Å². The molecule has 6 nitrogen and oxygen atoms in total. The molecule has 0 spiro atoms.